The number of hydrogen-bond acceptors (Lipinski definition) is 4. The van der Waals surface area contributed by atoms with Crippen molar-refractivity contribution in [3.05, 3.63) is 74.2 Å². The molecule has 0 fully saturated rings. The van der Waals surface area contributed by atoms with Gasteiger partial charge in [0.15, 0.2) is 5.78 Å². The van der Waals surface area contributed by atoms with Crippen LogP contribution in [-0.4, -0.2) is 22.4 Å². The second-order valence-electron chi connectivity index (χ2n) is 4.94. The van der Waals surface area contributed by atoms with Crippen molar-refractivity contribution in [2.45, 2.75) is 12.3 Å². The van der Waals surface area contributed by atoms with Gasteiger partial charge in [-0.05, 0) is 42.0 Å². The zero-order valence-corrected chi connectivity index (χ0v) is 13.2. The Balaban J connectivity index is 2.21. The average molecular weight is 364 g/mol. The van der Waals surface area contributed by atoms with Gasteiger partial charge < -0.3 is 5.11 Å². The Labute approximate surface area is 135 Å². The Morgan fingerprint density at radius 1 is 1.23 bits per heavy atom. The van der Waals surface area contributed by atoms with Crippen LogP contribution in [0.1, 0.15) is 28.3 Å². The van der Waals surface area contributed by atoms with Crippen LogP contribution in [-0.2, 0) is 0 Å². The van der Waals surface area contributed by atoms with Crippen LogP contribution in [0.25, 0.3) is 0 Å². The van der Waals surface area contributed by atoms with E-state index in [2.05, 4.69) is 15.9 Å². The smallest absolute Gasteiger partial charge is 0.211 e. The number of Topliss-reactive ketones (excluding diaryl/α,β-unsaturated/α-hetero) is 1. The SMILES string of the molecule is O=C(CC(C[N+](=O)[O-])c1cccc(Br)c1)c1ccc(O)cc1. The van der Waals surface area contributed by atoms with Gasteiger partial charge in [0.2, 0.25) is 6.54 Å². The summed E-state index contributed by atoms with van der Waals surface area (Å²) in [6, 6.07) is 13.1. The molecule has 0 heterocycles. The van der Waals surface area contributed by atoms with Gasteiger partial charge in [-0.25, -0.2) is 0 Å². The molecule has 2 aromatic rings. The topological polar surface area (TPSA) is 80.4 Å². The summed E-state index contributed by atoms with van der Waals surface area (Å²) in [5, 5.41) is 20.1. The normalized spacial score (nSPS) is 11.9. The summed E-state index contributed by atoms with van der Waals surface area (Å²) < 4.78 is 0.815. The molecular formula is C16H14BrNO4. The van der Waals surface area contributed by atoms with Crippen LogP contribution in [0, 0.1) is 10.1 Å². The van der Waals surface area contributed by atoms with Gasteiger partial charge in [0.1, 0.15) is 5.75 Å². The Morgan fingerprint density at radius 2 is 1.91 bits per heavy atom. The molecule has 1 N–H and O–H groups in total. The summed E-state index contributed by atoms with van der Waals surface area (Å²) in [4.78, 5) is 22.8. The first-order valence-electron chi connectivity index (χ1n) is 6.65. The van der Waals surface area contributed by atoms with Crippen molar-refractivity contribution in [3.8, 4) is 5.75 Å². The molecule has 0 saturated carbocycles. The minimum absolute atomic E-state index is 0.0439. The highest BCUT2D eigenvalue weighted by molar-refractivity contribution is 9.10. The van der Waals surface area contributed by atoms with E-state index in [9.17, 15) is 20.0 Å². The zero-order valence-electron chi connectivity index (χ0n) is 11.6. The summed E-state index contributed by atoms with van der Waals surface area (Å²) in [7, 11) is 0. The fourth-order valence-corrected chi connectivity index (χ4v) is 2.63. The molecule has 22 heavy (non-hydrogen) atoms. The van der Waals surface area contributed by atoms with E-state index in [4.69, 9.17) is 0 Å². The molecule has 1 unspecified atom stereocenters. The maximum Gasteiger partial charge on any atom is 0.211 e. The molecule has 0 saturated heterocycles. The van der Waals surface area contributed by atoms with Gasteiger partial charge >= 0.3 is 0 Å². The van der Waals surface area contributed by atoms with Gasteiger partial charge in [-0.15, -0.1) is 0 Å². The Kier molecular flexibility index (Phi) is 5.27. The number of carbonyl (C=O) groups excluding carboxylic acids is 1. The lowest BCUT2D eigenvalue weighted by atomic mass is 9.91. The van der Waals surface area contributed by atoms with Gasteiger partial charge in [0.25, 0.3) is 0 Å². The van der Waals surface area contributed by atoms with E-state index in [1.807, 2.05) is 6.07 Å². The number of carbonyl (C=O) groups is 1. The molecule has 0 radical (unpaired) electrons. The van der Waals surface area contributed by atoms with Gasteiger partial charge in [-0.1, -0.05) is 28.1 Å². The summed E-state index contributed by atoms with van der Waals surface area (Å²) in [5.74, 6) is -0.606. The summed E-state index contributed by atoms with van der Waals surface area (Å²) in [5.41, 5.74) is 1.18. The minimum Gasteiger partial charge on any atom is -0.508 e. The van der Waals surface area contributed by atoms with Crippen molar-refractivity contribution >= 4 is 21.7 Å². The molecule has 0 aliphatic carbocycles. The highest BCUT2D eigenvalue weighted by Crippen LogP contribution is 2.25. The average Bonchev–Trinajstić information content (AvgIpc) is 2.46. The molecule has 114 valence electrons. The first-order chi connectivity index (χ1) is 10.5. The number of phenols is 1. The number of nitro groups is 1. The largest absolute Gasteiger partial charge is 0.508 e. The summed E-state index contributed by atoms with van der Waals surface area (Å²) >= 11 is 3.33. The highest BCUT2D eigenvalue weighted by atomic mass is 79.9. The summed E-state index contributed by atoms with van der Waals surface area (Å²) in [6.07, 6.45) is 0.0439. The predicted molar refractivity (Wildman–Crippen MR) is 85.8 cm³/mol. The molecule has 0 aromatic heterocycles. The highest BCUT2D eigenvalue weighted by Gasteiger charge is 2.22. The van der Waals surface area contributed by atoms with E-state index in [0.717, 1.165) is 10.0 Å². The first-order valence-corrected chi connectivity index (χ1v) is 7.44. The lowest BCUT2D eigenvalue weighted by molar-refractivity contribution is -0.483. The summed E-state index contributed by atoms with van der Waals surface area (Å²) in [6.45, 7) is -0.305. The lowest BCUT2D eigenvalue weighted by Crippen LogP contribution is -2.16. The number of rotatable bonds is 6. The molecule has 0 amide bonds. The number of hydrogen-bond donors (Lipinski definition) is 1. The maximum absolute atomic E-state index is 12.3. The van der Waals surface area contributed by atoms with Crippen LogP contribution in [0.5, 0.6) is 5.75 Å². The number of ketones is 1. The first kappa shape index (κ1) is 16.2. The Bertz CT molecular complexity index is 685. The number of nitrogens with zero attached hydrogens (tertiary/aromatic N) is 1. The molecule has 0 aliphatic heterocycles. The van der Waals surface area contributed by atoms with E-state index in [0.29, 0.717) is 5.56 Å². The molecule has 2 aromatic carbocycles. The van der Waals surface area contributed by atoms with E-state index in [-0.39, 0.29) is 24.5 Å². The quantitative estimate of drug-likeness (QED) is 0.480. The van der Waals surface area contributed by atoms with Crippen molar-refractivity contribution in [2.24, 2.45) is 0 Å². The lowest BCUT2D eigenvalue weighted by Gasteiger charge is -2.13. The third-order valence-corrected chi connectivity index (χ3v) is 3.80. The van der Waals surface area contributed by atoms with Crippen LogP contribution >= 0.6 is 15.9 Å². The molecule has 0 spiro atoms. The van der Waals surface area contributed by atoms with Crippen LogP contribution < -0.4 is 0 Å². The van der Waals surface area contributed by atoms with Crippen molar-refractivity contribution in [1.29, 1.82) is 0 Å². The molecule has 1 atom stereocenters. The molecule has 2 rings (SSSR count). The fourth-order valence-electron chi connectivity index (χ4n) is 2.22. The second kappa shape index (κ2) is 7.17. The minimum atomic E-state index is -0.492. The van der Waals surface area contributed by atoms with Crippen molar-refractivity contribution in [2.75, 3.05) is 6.54 Å². The van der Waals surface area contributed by atoms with Gasteiger partial charge in [0.05, 0.1) is 5.92 Å². The van der Waals surface area contributed by atoms with E-state index >= 15 is 0 Å². The zero-order chi connectivity index (χ0) is 16.1. The van der Waals surface area contributed by atoms with E-state index in [1.165, 1.54) is 24.3 Å². The standard InChI is InChI=1S/C16H14BrNO4/c17-14-3-1-2-12(8-14)13(10-18(21)22)9-16(20)11-4-6-15(19)7-5-11/h1-8,13,19H,9-10H2. The van der Waals surface area contributed by atoms with Crippen LogP contribution in [0.2, 0.25) is 0 Å². The fraction of sp³-hybridized carbons (Fsp3) is 0.188. The van der Waals surface area contributed by atoms with Gasteiger partial charge in [0, 0.05) is 21.4 Å². The Hall–Kier alpha value is -2.21. The number of aromatic hydroxyl groups is 1. The van der Waals surface area contributed by atoms with Crippen LogP contribution in [0.3, 0.4) is 0 Å². The predicted octanol–water partition coefficient (Wildman–Crippen LogP) is 3.79. The molecule has 5 nitrogen and oxygen atoms in total. The number of benzene rings is 2. The van der Waals surface area contributed by atoms with Crippen LogP contribution in [0.15, 0.2) is 53.0 Å². The molecule has 6 heteroatoms. The molecule has 0 aliphatic rings. The van der Waals surface area contributed by atoms with Crippen molar-refractivity contribution < 1.29 is 14.8 Å². The van der Waals surface area contributed by atoms with Crippen molar-refractivity contribution in [3.63, 3.8) is 0 Å². The van der Waals surface area contributed by atoms with Crippen LogP contribution in [0.4, 0.5) is 0 Å². The van der Waals surface area contributed by atoms with Gasteiger partial charge in [-0.2, -0.15) is 0 Å². The third kappa shape index (κ3) is 4.39. The molecular weight excluding hydrogens is 350 g/mol. The van der Waals surface area contributed by atoms with E-state index < -0.39 is 10.8 Å². The van der Waals surface area contributed by atoms with Crippen molar-refractivity contribution in [1.82, 2.24) is 0 Å². The maximum atomic E-state index is 12.3. The number of halogens is 1. The van der Waals surface area contributed by atoms with E-state index in [1.54, 1.807) is 18.2 Å². The number of phenolic OH excluding ortho intramolecular Hbond substituents is 1. The monoisotopic (exact) mass is 363 g/mol. The van der Waals surface area contributed by atoms with Gasteiger partial charge in [-0.3, -0.25) is 14.9 Å². The third-order valence-electron chi connectivity index (χ3n) is 3.31. The second-order valence-corrected chi connectivity index (χ2v) is 5.86. The molecule has 0 bridgehead atoms. The Morgan fingerprint density at radius 3 is 2.50 bits per heavy atom.